The normalized spacial score (nSPS) is 16.1. The number of hydrogen-bond acceptors (Lipinski definition) is 5. The van der Waals surface area contributed by atoms with E-state index < -0.39 is 0 Å². The number of carbonyl (C=O) groups excluding carboxylic acids is 1. The summed E-state index contributed by atoms with van der Waals surface area (Å²) in [6.07, 6.45) is 2.07. The number of ether oxygens (including phenoxy) is 3. The SMILES string of the molecule is CCOCCCC(=O)N1CCc2cc(OC)c(OC)cc2[C@H]1c1cccs1. The lowest BCUT2D eigenvalue weighted by molar-refractivity contribution is -0.133. The van der Waals surface area contributed by atoms with Gasteiger partial charge in [0.25, 0.3) is 0 Å². The van der Waals surface area contributed by atoms with E-state index in [1.807, 2.05) is 30.0 Å². The predicted molar refractivity (Wildman–Crippen MR) is 107 cm³/mol. The minimum Gasteiger partial charge on any atom is -0.493 e. The Hall–Kier alpha value is -2.05. The lowest BCUT2D eigenvalue weighted by Crippen LogP contribution is -2.40. The average Bonchev–Trinajstić information content (AvgIpc) is 3.23. The lowest BCUT2D eigenvalue weighted by atomic mass is 9.90. The van der Waals surface area contributed by atoms with Crippen LogP contribution in [0.5, 0.6) is 11.5 Å². The number of thiophene rings is 1. The summed E-state index contributed by atoms with van der Waals surface area (Å²) in [7, 11) is 3.29. The highest BCUT2D eigenvalue weighted by molar-refractivity contribution is 7.10. The summed E-state index contributed by atoms with van der Waals surface area (Å²) in [5.41, 5.74) is 2.34. The van der Waals surface area contributed by atoms with Gasteiger partial charge < -0.3 is 19.1 Å². The van der Waals surface area contributed by atoms with Crippen LogP contribution in [0.2, 0.25) is 0 Å². The largest absolute Gasteiger partial charge is 0.493 e. The number of fused-ring (bicyclic) bond motifs is 1. The summed E-state index contributed by atoms with van der Waals surface area (Å²) in [6.45, 7) is 3.99. The third-order valence-corrected chi connectivity index (χ3v) is 5.81. The van der Waals surface area contributed by atoms with Gasteiger partial charge in [0.2, 0.25) is 5.91 Å². The molecule has 1 aliphatic rings. The molecule has 2 aromatic rings. The van der Waals surface area contributed by atoms with E-state index in [-0.39, 0.29) is 11.9 Å². The van der Waals surface area contributed by atoms with Crippen molar-refractivity contribution in [1.82, 2.24) is 4.90 Å². The molecule has 0 bridgehead atoms. The molecule has 1 amide bonds. The fourth-order valence-corrected chi connectivity index (χ4v) is 4.44. The van der Waals surface area contributed by atoms with Crippen molar-refractivity contribution in [1.29, 1.82) is 0 Å². The lowest BCUT2D eigenvalue weighted by Gasteiger charge is -2.37. The number of methoxy groups -OCH3 is 2. The quantitative estimate of drug-likeness (QED) is 0.639. The molecule has 0 aliphatic carbocycles. The zero-order valence-corrected chi connectivity index (χ0v) is 17.0. The van der Waals surface area contributed by atoms with E-state index in [0.717, 1.165) is 24.2 Å². The summed E-state index contributed by atoms with van der Waals surface area (Å²) in [6, 6.07) is 8.13. The van der Waals surface area contributed by atoms with E-state index in [1.54, 1.807) is 25.6 Å². The van der Waals surface area contributed by atoms with E-state index in [2.05, 4.69) is 11.4 Å². The number of hydrogen-bond donors (Lipinski definition) is 0. The first kappa shape index (κ1) is 19.7. The maximum absolute atomic E-state index is 13.0. The smallest absolute Gasteiger partial charge is 0.223 e. The van der Waals surface area contributed by atoms with Crippen molar-refractivity contribution in [3.8, 4) is 11.5 Å². The molecule has 1 aromatic heterocycles. The van der Waals surface area contributed by atoms with Crippen molar-refractivity contribution in [2.75, 3.05) is 34.0 Å². The Morgan fingerprint density at radius 2 is 2.04 bits per heavy atom. The fourth-order valence-electron chi connectivity index (χ4n) is 3.58. The van der Waals surface area contributed by atoms with E-state index in [0.29, 0.717) is 31.9 Å². The zero-order valence-electron chi connectivity index (χ0n) is 16.2. The number of rotatable bonds is 8. The summed E-state index contributed by atoms with van der Waals surface area (Å²) < 4.78 is 16.4. The summed E-state index contributed by atoms with van der Waals surface area (Å²) in [5, 5.41) is 2.06. The molecule has 0 saturated heterocycles. The van der Waals surface area contributed by atoms with Crippen molar-refractivity contribution in [2.45, 2.75) is 32.2 Å². The maximum Gasteiger partial charge on any atom is 0.223 e. The molecule has 6 heteroatoms. The zero-order chi connectivity index (χ0) is 19.2. The van der Waals surface area contributed by atoms with Gasteiger partial charge in [0, 0.05) is 31.1 Å². The molecule has 1 atom stereocenters. The van der Waals surface area contributed by atoms with E-state index in [4.69, 9.17) is 14.2 Å². The second kappa shape index (κ2) is 9.24. The van der Waals surface area contributed by atoms with Crippen LogP contribution < -0.4 is 9.47 Å². The van der Waals surface area contributed by atoms with Crippen molar-refractivity contribution in [2.24, 2.45) is 0 Å². The molecule has 1 aliphatic heterocycles. The van der Waals surface area contributed by atoms with Crippen LogP contribution in [0.3, 0.4) is 0 Å². The molecule has 146 valence electrons. The van der Waals surface area contributed by atoms with Crippen LogP contribution in [0, 0.1) is 0 Å². The maximum atomic E-state index is 13.0. The number of benzene rings is 1. The van der Waals surface area contributed by atoms with Crippen LogP contribution in [0.1, 0.15) is 41.8 Å². The first-order valence-corrected chi connectivity index (χ1v) is 10.2. The molecule has 27 heavy (non-hydrogen) atoms. The van der Waals surface area contributed by atoms with Gasteiger partial charge in [-0.25, -0.2) is 0 Å². The van der Waals surface area contributed by atoms with Gasteiger partial charge >= 0.3 is 0 Å². The van der Waals surface area contributed by atoms with Crippen LogP contribution in [-0.2, 0) is 16.0 Å². The van der Waals surface area contributed by atoms with Gasteiger partial charge in [-0.1, -0.05) is 6.07 Å². The molecule has 5 nitrogen and oxygen atoms in total. The summed E-state index contributed by atoms with van der Waals surface area (Å²) in [4.78, 5) is 16.1. The highest BCUT2D eigenvalue weighted by Crippen LogP contribution is 2.42. The molecule has 0 saturated carbocycles. The van der Waals surface area contributed by atoms with Gasteiger partial charge in [-0.3, -0.25) is 4.79 Å². The van der Waals surface area contributed by atoms with E-state index >= 15 is 0 Å². The molecule has 3 rings (SSSR count). The third-order valence-electron chi connectivity index (χ3n) is 4.89. The molecule has 0 spiro atoms. The van der Waals surface area contributed by atoms with Crippen LogP contribution in [0.25, 0.3) is 0 Å². The second-order valence-electron chi connectivity index (χ2n) is 6.46. The Labute approximate surface area is 164 Å². The number of amides is 1. The Balaban J connectivity index is 1.92. The topological polar surface area (TPSA) is 48.0 Å². The van der Waals surface area contributed by atoms with Gasteiger partial charge in [0.05, 0.1) is 20.3 Å². The Bertz CT molecular complexity index is 760. The van der Waals surface area contributed by atoms with Crippen LogP contribution >= 0.6 is 11.3 Å². The molecule has 0 fully saturated rings. The van der Waals surface area contributed by atoms with Gasteiger partial charge in [0.15, 0.2) is 11.5 Å². The summed E-state index contributed by atoms with van der Waals surface area (Å²) >= 11 is 1.68. The molecular formula is C21H27NO4S. The van der Waals surface area contributed by atoms with Crippen molar-refractivity contribution < 1.29 is 19.0 Å². The molecule has 0 N–H and O–H groups in total. The van der Waals surface area contributed by atoms with Crippen LogP contribution in [-0.4, -0.2) is 44.8 Å². The number of nitrogens with zero attached hydrogens (tertiary/aromatic N) is 1. The van der Waals surface area contributed by atoms with Gasteiger partial charge in [-0.05, 0) is 54.5 Å². The predicted octanol–water partition coefficient (Wildman–Crippen LogP) is 4.06. The molecule has 2 heterocycles. The molecule has 0 unspecified atom stereocenters. The summed E-state index contributed by atoms with van der Waals surface area (Å²) in [5.74, 6) is 1.61. The first-order chi connectivity index (χ1) is 13.2. The van der Waals surface area contributed by atoms with Gasteiger partial charge in [-0.2, -0.15) is 0 Å². The Kier molecular flexibility index (Phi) is 6.74. The van der Waals surface area contributed by atoms with E-state index in [9.17, 15) is 4.79 Å². The van der Waals surface area contributed by atoms with Crippen LogP contribution in [0.4, 0.5) is 0 Å². The third kappa shape index (κ3) is 4.28. The average molecular weight is 390 g/mol. The Morgan fingerprint density at radius 1 is 1.26 bits per heavy atom. The minimum absolute atomic E-state index is 0.0758. The fraction of sp³-hybridized carbons (Fsp3) is 0.476. The highest BCUT2D eigenvalue weighted by atomic mass is 32.1. The van der Waals surface area contributed by atoms with Crippen molar-refractivity contribution in [3.63, 3.8) is 0 Å². The monoisotopic (exact) mass is 389 g/mol. The Morgan fingerprint density at radius 3 is 2.70 bits per heavy atom. The first-order valence-electron chi connectivity index (χ1n) is 9.35. The highest BCUT2D eigenvalue weighted by Gasteiger charge is 2.33. The van der Waals surface area contributed by atoms with Crippen molar-refractivity contribution in [3.05, 3.63) is 45.6 Å². The molecular weight excluding hydrogens is 362 g/mol. The standard InChI is InChI=1S/C21H27NO4S/c1-4-26-11-5-8-20(23)22-10-9-15-13-17(24-2)18(25-3)14-16(15)21(22)19-7-6-12-27-19/h6-7,12-14,21H,4-5,8-11H2,1-3H3/t21-/m0/s1. The minimum atomic E-state index is -0.0758. The number of carbonyl (C=O) groups is 1. The van der Waals surface area contributed by atoms with E-state index in [1.165, 1.54) is 10.4 Å². The molecule has 0 radical (unpaired) electrons. The van der Waals surface area contributed by atoms with Gasteiger partial charge in [0.1, 0.15) is 0 Å². The second-order valence-corrected chi connectivity index (χ2v) is 7.44. The van der Waals surface area contributed by atoms with Crippen LogP contribution in [0.15, 0.2) is 29.6 Å². The van der Waals surface area contributed by atoms with Gasteiger partial charge in [-0.15, -0.1) is 11.3 Å². The van der Waals surface area contributed by atoms with Crippen molar-refractivity contribution >= 4 is 17.2 Å². The molecule has 1 aromatic carbocycles.